The van der Waals surface area contributed by atoms with Crippen LogP contribution in [-0.4, -0.2) is 62.9 Å². The Morgan fingerprint density at radius 3 is 2.28 bits per heavy atom. The zero-order valence-corrected chi connectivity index (χ0v) is 15.1. The Morgan fingerprint density at radius 1 is 1.08 bits per heavy atom. The third-order valence-corrected chi connectivity index (χ3v) is 6.59. The first kappa shape index (κ1) is 20.4. The normalized spacial score (nSPS) is 23.4. The van der Waals surface area contributed by atoms with E-state index < -0.39 is 26.7 Å². The van der Waals surface area contributed by atoms with Crippen molar-refractivity contribution in [1.29, 1.82) is 0 Å². The molecule has 2 aliphatic rings. The minimum absolute atomic E-state index is 0. The molecule has 0 bridgehead atoms. The van der Waals surface area contributed by atoms with Crippen molar-refractivity contribution in [2.45, 2.75) is 23.5 Å². The number of benzene rings is 1. The van der Waals surface area contributed by atoms with Crippen molar-refractivity contribution in [2.75, 3.05) is 39.3 Å². The average Bonchev–Trinajstić information content (AvgIpc) is 3.09. The average molecular weight is 400 g/mol. The van der Waals surface area contributed by atoms with E-state index in [4.69, 9.17) is 0 Å². The Balaban J connectivity index is 0.00000225. The molecule has 0 saturated carbocycles. The summed E-state index contributed by atoms with van der Waals surface area (Å²) in [6, 6.07) is 4.76. The molecule has 0 radical (unpaired) electrons. The molecule has 1 aromatic carbocycles. The lowest BCUT2D eigenvalue weighted by atomic mass is 10.2. The first-order valence-electron chi connectivity index (χ1n) is 7.91. The highest BCUT2D eigenvalue weighted by molar-refractivity contribution is 7.89. The Morgan fingerprint density at radius 2 is 1.72 bits per heavy atom. The van der Waals surface area contributed by atoms with Gasteiger partial charge in [-0.1, -0.05) is 12.1 Å². The Hall–Kier alpha value is -0.870. The number of nitrogens with zero attached hydrogens (tertiary/aromatic N) is 2. The van der Waals surface area contributed by atoms with Crippen molar-refractivity contribution in [3.63, 3.8) is 0 Å². The number of sulfonamides is 1. The quantitative estimate of drug-likeness (QED) is 0.842. The van der Waals surface area contributed by atoms with Crippen molar-refractivity contribution in [1.82, 2.24) is 14.5 Å². The molecule has 2 fully saturated rings. The fraction of sp³-hybridized carbons (Fsp3) is 0.600. The lowest BCUT2D eigenvalue weighted by Gasteiger charge is -2.37. The molecule has 1 unspecified atom stereocenters. The van der Waals surface area contributed by atoms with Crippen molar-refractivity contribution in [3.05, 3.63) is 29.8 Å². The van der Waals surface area contributed by atoms with E-state index in [1.165, 1.54) is 12.1 Å². The second-order valence-corrected chi connectivity index (χ2v) is 7.99. The summed E-state index contributed by atoms with van der Waals surface area (Å²) in [6.07, 6.45) is -3.68. The highest BCUT2D eigenvalue weighted by atomic mass is 35.5. The maximum atomic E-state index is 13.1. The van der Waals surface area contributed by atoms with Gasteiger partial charge < -0.3 is 5.32 Å². The van der Waals surface area contributed by atoms with Gasteiger partial charge in [0.25, 0.3) is 0 Å². The van der Waals surface area contributed by atoms with E-state index >= 15 is 0 Å². The molecule has 10 heteroatoms. The number of nitrogens with one attached hydrogen (secondary N) is 1. The Labute approximate surface area is 151 Å². The summed E-state index contributed by atoms with van der Waals surface area (Å²) in [5, 5.41) is 3.26. The van der Waals surface area contributed by atoms with Gasteiger partial charge >= 0.3 is 6.18 Å². The van der Waals surface area contributed by atoms with E-state index in [0.29, 0.717) is 19.1 Å². The van der Waals surface area contributed by atoms with Crippen molar-refractivity contribution in [2.24, 2.45) is 0 Å². The molecule has 2 saturated heterocycles. The van der Waals surface area contributed by atoms with Gasteiger partial charge in [-0.2, -0.15) is 17.5 Å². The summed E-state index contributed by atoms with van der Waals surface area (Å²) < 4.78 is 65.9. The van der Waals surface area contributed by atoms with E-state index in [9.17, 15) is 21.6 Å². The van der Waals surface area contributed by atoms with Gasteiger partial charge in [0.05, 0.1) is 10.5 Å². The summed E-state index contributed by atoms with van der Waals surface area (Å²) in [5.41, 5.74) is -1.10. The van der Waals surface area contributed by atoms with Crippen molar-refractivity contribution >= 4 is 22.4 Å². The molecule has 142 valence electrons. The van der Waals surface area contributed by atoms with Gasteiger partial charge in [0.2, 0.25) is 10.0 Å². The van der Waals surface area contributed by atoms with E-state index in [1.54, 1.807) is 0 Å². The number of rotatable bonds is 3. The SMILES string of the molecule is Cl.O=S(=O)(c1ccccc1C(F)(F)F)N1CCN(C2CCNC2)CC1. The molecule has 1 atom stereocenters. The second-order valence-electron chi connectivity index (χ2n) is 6.08. The van der Waals surface area contributed by atoms with E-state index in [1.807, 2.05) is 0 Å². The second kappa shape index (κ2) is 7.79. The van der Waals surface area contributed by atoms with Gasteiger partial charge in [0.1, 0.15) is 0 Å². The van der Waals surface area contributed by atoms with Crippen LogP contribution in [0, 0.1) is 0 Å². The summed E-state index contributed by atoms with van der Waals surface area (Å²) in [5.74, 6) is 0. The highest BCUT2D eigenvalue weighted by Gasteiger charge is 2.40. The minimum atomic E-state index is -4.69. The lowest BCUT2D eigenvalue weighted by molar-refractivity contribution is -0.139. The third kappa shape index (κ3) is 4.28. The maximum Gasteiger partial charge on any atom is 0.417 e. The predicted octanol–water partition coefficient (Wildman–Crippen LogP) is 1.80. The Bertz CT molecular complexity index is 686. The number of halogens is 4. The summed E-state index contributed by atoms with van der Waals surface area (Å²) >= 11 is 0. The Kier molecular flexibility index (Phi) is 6.37. The van der Waals surface area contributed by atoms with Gasteiger partial charge in [-0.05, 0) is 25.1 Å². The highest BCUT2D eigenvalue weighted by Crippen LogP contribution is 2.35. The molecule has 5 nitrogen and oxygen atoms in total. The lowest BCUT2D eigenvalue weighted by Crippen LogP contribution is -2.52. The third-order valence-electron chi connectivity index (χ3n) is 4.63. The van der Waals surface area contributed by atoms with Gasteiger partial charge in [-0.15, -0.1) is 12.4 Å². The fourth-order valence-corrected chi connectivity index (χ4v) is 4.96. The number of hydrogen-bond acceptors (Lipinski definition) is 4. The van der Waals surface area contributed by atoms with Gasteiger partial charge in [-0.25, -0.2) is 8.42 Å². The molecule has 2 aliphatic heterocycles. The van der Waals surface area contributed by atoms with Gasteiger partial charge in [0, 0.05) is 38.8 Å². The van der Waals surface area contributed by atoms with Crippen LogP contribution >= 0.6 is 12.4 Å². The first-order valence-corrected chi connectivity index (χ1v) is 9.35. The van der Waals surface area contributed by atoms with Crippen LogP contribution in [0.2, 0.25) is 0 Å². The van der Waals surface area contributed by atoms with Crippen LogP contribution in [-0.2, 0) is 16.2 Å². The zero-order chi connectivity index (χ0) is 17.4. The van der Waals surface area contributed by atoms with E-state index in [2.05, 4.69) is 10.2 Å². The molecule has 0 amide bonds. The molecule has 0 aromatic heterocycles. The molecular formula is C15H21ClF3N3O2S. The van der Waals surface area contributed by atoms with Crippen molar-refractivity contribution < 1.29 is 21.6 Å². The molecule has 25 heavy (non-hydrogen) atoms. The van der Waals surface area contributed by atoms with Crippen LogP contribution in [0.25, 0.3) is 0 Å². The van der Waals surface area contributed by atoms with Crippen LogP contribution in [0.4, 0.5) is 13.2 Å². The number of piperazine rings is 1. The molecule has 1 N–H and O–H groups in total. The topological polar surface area (TPSA) is 52.7 Å². The van der Waals surface area contributed by atoms with Gasteiger partial charge in [0.15, 0.2) is 0 Å². The standard InChI is InChI=1S/C15H20F3N3O2S.ClH/c16-15(17,18)13-3-1-2-4-14(13)24(22,23)21-9-7-20(8-10-21)12-5-6-19-11-12;/h1-4,12,19H,5-11H2;1H. The fourth-order valence-electron chi connectivity index (χ4n) is 3.33. The molecule has 0 aliphatic carbocycles. The predicted molar refractivity (Wildman–Crippen MR) is 90.3 cm³/mol. The van der Waals surface area contributed by atoms with Crippen LogP contribution in [0.1, 0.15) is 12.0 Å². The molecular weight excluding hydrogens is 379 g/mol. The monoisotopic (exact) mass is 399 g/mol. The molecule has 2 heterocycles. The maximum absolute atomic E-state index is 13.1. The van der Waals surface area contributed by atoms with Crippen molar-refractivity contribution in [3.8, 4) is 0 Å². The molecule has 1 aromatic rings. The van der Waals surface area contributed by atoms with Crippen LogP contribution < -0.4 is 5.32 Å². The van der Waals surface area contributed by atoms with Crippen LogP contribution in [0.15, 0.2) is 29.2 Å². The molecule has 0 spiro atoms. The van der Waals surface area contributed by atoms with Gasteiger partial charge in [-0.3, -0.25) is 4.90 Å². The van der Waals surface area contributed by atoms with Crippen LogP contribution in [0.3, 0.4) is 0 Å². The molecule has 3 rings (SSSR count). The van der Waals surface area contributed by atoms with Crippen LogP contribution in [0.5, 0.6) is 0 Å². The summed E-state index contributed by atoms with van der Waals surface area (Å²) in [4.78, 5) is 1.55. The van der Waals surface area contributed by atoms with E-state index in [0.717, 1.165) is 35.9 Å². The number of alkyl halides is 3. The zero-order valence-electron chi connectivity index (χ0n) is 13.5. The number of hydrogen-bond donors (Lipinski definition) is 1. The largest absolute Gasteiger partial charge is 0.417 e. The summed E-state index contributed by atoms with van der Waals surface area (Å²) in [7, 11) is -4.15. The summed E-state index contributed by atoms with van der Waals surface area (Å²) in [6.45, 7) is 3.33. The first-order chi connectivity index (χ1) is 11.3. The minimum Gasteiger partial charge on any atom is -0.315 e. The van der Waals surface area contributed by atoms with E-state index in [-0.39, 0.29) is 25.5 Å². The smallest absolute Gasteiger partial charge is 0.315 e.